The molecule has 0 saturated heterocycles. The highest BCUT2D eigenvalue weighted by molar-refractivity contribution is 5.91. The van der Waals surface area contributed by atoms with Crippen molar-refractivity contribution >= 4 is 11.6 Å². The SMILES string of the molecule is C[C@@H]1CC2=CC(=O)CCC2C2CC[C@]3(C)C(=O)CCC3C21. The third-order valence-electron chi connectivity index (χ3n) is 7.35. The maximum Gasteiger partial charge on any atom is 0.155 e. The van der Waals surface area contributed by atoms with Crippen molar-refractivity contribution < 1.29 is 9.59 Å². The van der Waals surface area contributed by atoms with Crippen LogP contribution >= 0.6 is 0 Å². The number of carbonyl (C=O) groups excluding carboxylic acids is 2. The van der Waals surface area contributed by atoms with Gasteiger partial charge in [-0.05, 0) is 67.8 Å². The van der Waals surface area contributed by atoms with Gasteiger partial charge in [0.2, 0.25) is 0 Å². The van der Waals surface area contributed by atoms with Crippen molar-refractivity contribution in [3.8, 4) is 0 Å². The van der Waals surface area contributed by atoms with Crippen LogP contribution in [0.3, 0.4) is 0 Å². The van der Waals surface area contributed by atoms with Crippen molar-refractivity contribution in [3.63, 3.8) is 0 Å². The highest BCUT2D eigenvalue weighted by atomic mass is 16.1. The molecule has 0 bridgehead atoms. The van der Waals surface area contributed by atoms with Crippen LogP contribution in [0.25, 0.3) is 0 Å². The summed E-state index contributed by atoms with van der Waals surface area (Å²) in [5, 5.41) is 0. The smallest absolute Gasteiger partial charge is 0.155 e. The molecule has 2 heteroatoms. The molecule has 3 saturated carbocycles. The van der Waals surface area contributed by atoms with Crippen molar-refractivity contribution in [1.82, 2.24) is 0 Å². The van der Waals surface area contributed by atoms with E-state index in [0.29, 0.717) is 35.2 Å². The summed E-state index contributed by atoms with van der Waals surface area (Å²) in [6, 6.07) is 0. The van der Waals surface area contributed by atoms with Gasteiger partial charge in [0.25, 0.3) is 0 Å². The van der Waals surface area contributed by atoms with Crippen LogP contribution < -0.4 is 0 Å². The van der Waals surface area contributed by atoms with E-state index in [9.17, 15) is 9.59 Å². The topological polar surface area (TPSA) is 34.1 Å². The number of fused-ring (bicyclic) bond motifs is 5. The first-order valence-corrected chi connectivity index (χ1v) is 8.77. The van der Waals surface area contributed by atoms with Crippen LogP contribution in [0.15, 0.2) is 11.6 Å². The molecule has 2 nitrogen and oxygen atoms in total. The Morgan fingerprint density at radius 2 is 1.95 bits per heavy atom. The van der Waals surface area contributed by atoms with Crippen LogP contribution in [0.1, 0.15) is 58.8 Å². The Morgan fingerprint density at radius 3 is 2.76 bits per heavy atom. The van der Waals surface area contributed by atoms with E-state index in [2.05, 4.69) is 13.8 Å². The first-order chi connectivity index (χ1) is 10.0. The Hall–Kier alpha value is -0.920. The molecule has 0 heterocycles. The van der Waals surface area contributed by atoms with Crippen LogP contribution in [-0.4, -0.2) is 11.6 Å². The Balaban J connectivity index is 1.70. The first kappa shape index (κ1) is 13.7. The zero-order valence-corrected chi connectivity index (χ0v) is 13.2. The average molecular weight is 286 g/mol. The Bertz CT molecular complexity index is 532. The zero-order valence-electron chi connectivity index (χ0n) is 13.2. The molecule has 0 aromatic heterocycles. The molecule has 3 fully saturated rings. The molecular weight excluding hydrogens is 260 g/mol. The van der Waals surface area contributed by atoms with Crippen LogP contribution in [0.2, 0.25) is 0 Å². The van der Waals surface area contributed by atoms with Gasteiger partial charge < -0.3 is 0 Å². The van der Waals surface area contributed by atoms with Gasteiger partial charge in [0.1, 0.15) is 5.78 Å². The van der Waals surface area contributed by atoms with Crippen molar-refractivity contribution in [3.05, 3.63) is 11.6 Å². The monoisotopic (exact) mass is 286 g/mol. The van der Waals surface area contributed by atoms with Gasteiger partial charge in [-0.1, -0.05) is 19.4 Å². The quantitative estimate of drug-likeness (QED) is 0.676. The molecule has 0 aromatic rings. The average Bonchev–Trinajstić information content (AvgIpc) is 2.74. The van der Waals surface area contributed by atoms with Gasteiger partial charge >= 0.3 is 0 Å². The summed E-state index contributed by atoms with van der Waals surface area (Å²) < 4.78 is 0. The minimum Gasteiger partial charge on any atom is -0.299 e. The Kier molecular flexibility index (Phi) is 2.96. The lowest BCUT2D eigenvalue weighted by Crippen LogP contribution is -2.49. The maximum atomic E-state index is 12.4. The molecular formula is C19H26O2. The summed E-state index contributed by atoms with van der Waals surface area (Å²) in [5.74, 6) is 4.20. The molecule has 0 N–H and O–H groups in total. The van der Waals surface area contributed by atoms with E-state index in [1.54, 1.807) is 0 Å². The van der Waals surface area contributed by atoms with Gasteiger partial charge in [-0.15, -0.1) is 0 Å². The van der Waals surface area contributed by atoms with Gasteiger partial charge in [-0.25, -0.2) is 0 Å². The molecule has 4 unspecified atom stereocenters. The van der Waals surface area contributed by atoms with Gasteiger partial charge in [0.15, 0.2) is 5.78 Å². The number of Topliss-reactive ketones (excluding diaryl/α,β-unsaturated/α-hetero) is 1. The fraction of sp³-hybridized carbons (Fsp3) is 0.789. The van der Waals surface area contributed by atoms with Crippen molar-refractivity contribution in [1.29, 1.82) is 0 Å². The lowest BCUT2D eigenvalue weighted by atomic mass is 9.50. The largest absolute Gasteiger partial charge is 0.299 e. The fourth-order valence-corrected chi connectivity index (χ4v) is 6.36. The molecule has 0 radical (unpaired) electrons. The first-order valence-electron chi connectivity index (χ1n) is 8.77. The van der Waals surface area contributed by atoms with Crippen molar-refractivity contribution in [2.24, 2.45) is 35.0 Å². The summed E-state index contributed by atoms with van der Waals surface area (Å²) in [7, 11) is 0. The number of allylic oxidation sites excluding steroid dienone is 1. The number of rotatable bonds is 0. The van der Waals surface area contributed by atoms with E-state index in [1.165, 1.54) is 12.0 Å². The number of hydrogen-bond acceptors (Lipinski definition) is 2. The molecule has 114 valence electrons. The highest BCUT2D eigenvalue weighted by Gasteiger charge is 2.57. The van der Waals surface area contributed by atoms with E-state index in [-0.39, 0.29) is 5.41 Å². The minimum atomic E-state index is -0.0267. The number of hydrogen-bond donors (Lipinski definition) is 0. The van der Waals surface area contributed by atoms with Crippen LogP contribution in [-0.2, 0) is 9.59 Å². The maximum absolute atomic E-state index is 12.4. The Labute approximate surface area is 127 Å². The van der Waals surface area contributed by atoms with E-state index in [4.69, 9.17) is 0 Å². The third-order valence-corrected chi connectivity index (χ3v) is 7.35. The molecule has 21 heavy (non-hydrogen) atoms. The predicted octanol–water partition coefficient (Wildman–Crippen LogP) is 3.94. The predicted molar refractivity (Wildman–Crippen MR) is 81.6 cm³/mol. The van der Waals surface area contributed by atoms with E-state index in [1.807, 2.05) is 6.08 Å². The zero-order chi connectivity index (χ0) is 14.8. The minimum absolute atomic E-state index is 0.0267. The number of ketones is 2. The standard InChI is InChI=1S/C19H26O2/c1-11-9-12-10-13(20)3-4-14(12)15-7-8-19(2)16(18(11)15)5-6-17(19)21/h10-11,14-16,18H,3-9H2,1-2H3/t11-,14?,15?,16?,18?,19+/m1/s1. The molecule has 0 aromatic carbocycles. The summed E-state index contributed by atoms with van der Waals surface area (Å²) in [4.78, 5) is 24.1. The molecule has 0 spiro atoms. The highest BCUT2D eigenvalue weighted by Crippen LogP contribution is 2.61. The summed E-state index contributed by atoms with van der Waals surface area (Å²) in [6.07, 6.45) is 9.08. The molecule has 4 aliphatic carbocycles. The summed E-state index contributed by atoms with van der Waals surface area (Å²) >= 11 is 0. The van der Waals surface area contributed by atoms with Crippen molar-refractivity contribution in [2.75, 3.05) is 0 Å². The molecule has 4 aliphatic rings. The Morgan fingerprint density at radius 1 is 1.14 bits per heavy atom. The van der Waals surface area contributed by atoms with Gasteiger partial charge in [0, 0.05) is 18.3 Å². The normalized spacial score (nSPS) is 49.2. The van der Waals surface area contributed by atoms with Crippen LogP contribution in [0.4, 0.5) is 0 Å². The fourth-order valence-electron chi connectivity index (χ4n) is 6.36. The van der Waals surface area contributed by atoms with Gasteiger partial charge in [0.05, 0.1) is 0 Å². The van der Waals surface area contributed by atoms with E-state index < -0.39 is 0 Å². The van der Waals surface area contributed by atoms with Crippen LogP contribution in [0.5, 0.6) is 0 Å². The third kappa shape index (κ3) is 1.83. The molecule has 4 rings (SSSR count). The lowest BCUT2D eigenvalue weighted by molar-refractivity contribution is -0.132. The second-order valence-corrected chi connectivity index (χ2v) is 8.28. The van der Waals surface area contributed by atoms with Crippen molar-refractivity contribution in [2.45, 2.75) is 58.8 Å². The second kappa shape index (κ2) is 4.54. The van der Waals surface area contributed by atoms with Gasteiger partial charge in [-0.3, -0.25) is 9.59 Å². The molecule has 0 aliphatic heterocycles. The summed E-state index contributed by atoms with van der Waals surface area (Å²) in [5.41, 5.74) is 1.41. The van der Waals surface area contributed by atoms with E-state index in [0.717, 1.165) is 44.4 Å². The van der Waals surface area contributed by atoms with Gasteiger partial charge in [-0.2, -0.15) is 0 Å². The molecule has 6 atom stereocenters. The second-order valence-electron chi connectivity index (χ2n) is 8.28. The lowest BCUT2D eigenvalue weighted by Gasteiger charge is -2.54. The number of carbonyl (C=O) groups is 2. The van der Waals surface area contributed by atoms with Crippen LogP contribution in [0, 0.1) is 35.0 Å². The van der Waals surface area contributed by atoms with E-state index >= 15 is 0 Å². The summed E-state index contributed by atoms with van der Waals surface area (Å²) in [6.45, 7) is 4.61. The molecule has 0 amide bonds.